The first kappa shape index (κ1) is 18.5. The Bertz CT molecular complexity index is 895. The molecule has 1 aliphatic heterocycles. The monoisotopic (exact) mass is 462 g/mol. The van der Waals surface area contributed by atoms with Gasteiger partial charge in [0.05, 0.1) is 22.9 Å². The number of carbonyl (C=O) groups excluding carboxylic acids is 1. The zero-order chi connectivity index (χ0) is 18.7. The van der Waals surface area contributed by atoms with Crippen LogP contribution in [0.2, 0.25) is 0 Å². The minimum Gasteiger partial charge on any atom is -0.493 e. The molecule has 0 aromatic heterocycles. The topological polar surface area (TPSA) is 44.8 Å². The van der Waals surface area contributed by atoms with Crippen LogP contribution in [0, 0.1) is 10.5 Å². The van der Waals surface area contributed by atoms with Gasteiger partial charge in [0.15, 0.2) is 11.5 Å². The molecule has 4 nitrogen and oxygen atoms in total. The highest BCUT2D eigenvalue weighted by atomic mass is 127. The summed E-state index contributed by atoms with van der Waals surface area (Å²) in [4.78, 5) is 12.2. The van der Waals surface area contributed by atoms with E-state index in [-0.39, 0.29) is 5.97 Å². The second-order valence-electron chi connectivity index (χ2n) is 5.83. The molecule has 3 rings (SSSR count). The molecule has 134 valence electrons. The third kappa shape index (κ3) is 3.93. The minimum absolute atomic E-state index is 0.358. The zero-order valence-corrected chi connectivity index (χ0v) is 17.0. The maximum atomic E-state index is 12.2. The number of hydrogen-bond donors (Lipinski definition) is 0. The van der Waals surface area contributed by atoms with Gasteiger partial charge >= 0.3 is 5.97 Å². The molecule has 2 aromatic rings. The van der Waals surface area contributed by atoms with E-state index in [0.717, 1.165) is 20.3 Å². The van der Waals surface area contributed by atoms with Crippen molar-refractivity contribution in [2.75, 3.05) is 13.7 Å². The van der Waals surface area contributed by atoms with Gasteiger partial charge < -0.3 is 14.2 Å². The fourth-order valence-electron chi connectivity index (χ4n) is 2.64. The Morgan fingerprint density at radius 3 is 2.58 bits per heavy atom. The Labute approximate surface area is 166 Å². The number of hydrogen-bond acceptors (Lipinski definition) is 4. The number of benzene rings is 2. The fraction of sp³-hybridized carbons (Fsp3) is 0.190. The smallest absolute Gasteiger partial charge is 0.343 e. The number of cyclic esters (lactones) is 1. The number of carbonyl (C=O) groups is 1. The largest absolute Gasteiger partial charge is 0.493 e. The molecule has 1 aliphatic rings. The first-order valence-electron chi connectivity index (χ1n) is 8.24. The molecule has 0 N–H and O–H groups in total. The van der Waals surface area contributed by atoms with E-state index in [9.17, 15) is 4.79 Å². The first-order valence-corrected chi connectivity index (χ1v) is 9.32. The second-order valence-corrected chi connectivity index (χ2v) is 6.99. The molecular formula is C21H19IO4. The number of halogens is 1. The predicted octanol–water partition coefficient (Wildman–Crippen LogP) is 4.99. The highest BCUT2D eigenvalue weighted by Gasteiger charge is 2.22. The lowest BCUT2D eigenvalue weighted by Crippen LogP contribution is -1.99. The van der Waals surface area contributed by atoms with Crippen LogP contribution in [0.4, 0.5) is 0 Å². The summed E-state index contributed by atoms with van der Waals surface area (Å²) in [5.74, 6) is 1.56. The van der Waals surface area contributed by atoms with Crippen molar-refractivity contribution in [2.45, 2.75) is 13.8 Å². The summed E-state index contributed by atoms with van der Waals surface area (Å²) in [5.41, 5.74) is 3.39. The minimum atomic E-state index is -0.358. The predicted molar refractivity (Wildman–Crippen MR) is 110 cm³/mol. The molecule has 26 heavy (non-hydrogen) atoms. The molecule has 0 bridgehead atoms. The summed E-state index contributed by atoms with van der Waals surface area (Å²) in [6.45, 7) is 4.50. The molecule has 0 fully saturated rings. The van der Waals surface area contributed by atoms with Gasteiger partial charge in [-0.2, -0.15) is 0 Å². The lowest BCUT2D eigenvalue weighted by molar-refractivity contribution is -0.130. The lowest BCUT2D eigenvalue weighted by Gasteiger charge is -2.12. The fourth-order valence-corrected chi connectivity index (χ4v) is 3.42. The molecule has 0 spiro atoms. The summed E-state index contributed by atoms with van der Waals surface area (Å²) >= 11 is 2.20. The highest BCUT2D eigenvalue weighted by Crippen LogP contribution is 2.35. The number of ether oxygens (including phenoxy) is 3. The SMILES string of the molecule is CCOc1c(I)cc(C=C2C=C(c3ccc(C)cc3)OC2=O)cc1OC. The number of esters is 1. The van der Waals surface area contributed by atoms with Crippen molar-refractivity contribution >= 4 is 40.4 Å². The third-order valence-electron chi connectivity index (χ3n) is 3.92. The van der Waals surface area contributed by atoms with E-state index in [4.69, 9.17) is 14.2 Å². The molecule has 0 saturated carbocycles. The molecule has 0 unspecified atom stereocenters. The standard InChI is InChI=1S/C21H19IO4/c1-4-25-20-17(22)10-14(11-19(20)24-3)9-16-12-18(26-21(16)23)15-7-5-13(2)6-8-15/h5-12H,4H2,1-3H3. The average Bonchev–Trinajstić information content (AvgIpc) is 2.98. The maximum absolute atomic E-state index is 12.2. The van der Waals surface area contributed by atoms with Gasteiger partial charge in [-0.25, -0.2) is 4.79 Å². The van der Waals surface area contributed by atoms with Crippen LogP contribution in [0.25, 0.3) is 11.8 Å². The Morgan fingerprint density at radius 1 is 1.19 bits per heavy atom. The van der Waals surface area contributed by atoms with Crippen LogP contribution in [0.1, 0.15) is 23.6 Å². The molecule has 2 aromatic carbocycles. The summed E-state index contributed by atoms with van der Waals surface area (Å²) in [5, 5.41) is 0. The van der Waals surface area contributed by atoms with Crippen LogP contribution in [-0.2, 0) is 9.53 Å². The summed E-state index contributed by atoms with van der Waals surface area (Å²) < 4.78 is 17.4. The highest BCUT2D eigenvalue weighted by molar-refractivity contribution is 14.1. The molecule has 1 heterocycles. The quantitative estimate of drug-likeness (QED) is 0.357. The van der Waals surface area contributed by atoms with Crippen molar-refractivity contribution in [2.24, 2.45) is 0 Å². The van der Waals surface area contributed by atoms with Gasteiger partial charge in [0, 0.05) is 5.56 Å². The van der Waals surface area contributed by atoms with Crippen molar-refractivity contribution in [3.8, 4) is 11.5 Å². The van der Waals surface area contributed by atoms with Gasteiger partial charge in [0.2, 0.25) is 0 Å². The van der Waals surface area contributed by atoms with Gasteiger partial charge in [-0.15, -0.1) is 0 Å². The van der Waals surface area contributed by atoms with E-state index in [0.29, 0.717) is 29.4 Å². The lowest BCUT2D eigenvalue weighted by atomic mass is 10.1. The molecule has 0 aliphatic carbocycles. The molecule has 0 amide bonds. The third-order valence-corrected chi connectivity index (χ3v) is 4.72. The van der Waals surface area contributed by atoms with Crippen LogP contribution < -0.4 is 9.47 Å². The maximum Gasteiger partial charge on any atom is 0.343 e. The Balaban J connectivity index is 1.95. The van der Waals surface area contributed by atoms with E-state index < -0.39 is 0 Å². The average molecular weight is 462 g/mol. The van der Waals surface area contributed by atoms with Gasteiger partial charge in [-0.1, -0.05) is 29.8 Å². The number of methoxy groups -OCH3 is 1. The Kier molecular flexibility index (Phi) is 5.66. The summed E-state index contributed by atoms with van der Waals surface area (Å²) in [7, 11) is 1.60. The van der Waals surface area contributed by atoms with Crippen LogP contribution in [0.5, 0.6) is 11.5 Å². The van der Waals surface area contributed by atoms with Crippen LogP contribution in [-0.4, -0.2) is 19.7 Å². The van der Waals surface area contributed by atoms with Crippen molar-refractivity contribution in [1.82, 2.24) is 0 Å². The van der Waals surface area contributed by atoms with Gasteiger partial charge in [-0.3, -0.25) is 0 Å². The van der Waals surface area contributed by atoms with Crippen molar-refractivity contribution in [3.63, 3.8) is 0 Å². The van der Waals surface area contributed by atoms with Crippen molar-refractivity contribution in [1.29, 1.82) is 0 Å². The molecular weight excluding hydrogens is 443 g/mol. The molecule has 5 heteroatoms. The Hall–Kier alpha value is -2.28. The van der Waals surface area contributed by atoms with Gasteiger partial charge in [0.25, 0.3) is 0 Å². The van der Waals surface area contributed by atoms with E-state index >= 15 is 0 Å². The molecule has 0 saturated heterocycles. The van der Waals surface area contributed by atoms with Gasteiger partial charge in [0.1, 0.15) is 5.76 Å². The van der Waals surface area contributed by atoms with E-state index in [1.54, 1.807) is 19.3 Å². The number of rotatable bonds is 5. The van der Waals surface area contributed by atoms with Crippen molar-refractivity contribution in [3.05, 3.63) is 68.3 Å². The van der Waals surface area contributed by atoms with Gasteiger partial charge in [-0.05, 0) is 66.3 Å². The van der Waals surface area contributed by atoms with Crippen molar-refractivity contribution < 1.29 is 19.0 Å². The summed E-state index contributed by atoms with van der Waals surface area (Å²) in [6.07, 6.45) is 3.56. The Morgan fingerprint density at radius 2 is 1.92 bits per heavy atom. The summed E-state index contributed by atoms with van der Waals surface area (Å²) in [6, 6.07) is 11.7. The number of aryl methyl sites for hydroxylation is 1. The molecule has 0 radical (unpaired) electrons. The van der Waals surface area contributed by atoms with Crippen LogP contribution >= 0.6 is 22.6 Å². The van der Waals surface area contributed by atoms with Crippen LogP contribution in [0.3, 0.4) is 0 Å². The molecule has 0 atom stereocenters. The normalized spacial score (nSPS) is 15.0. The van der Waals surface area contributed by atoms with E-state index in [1.807, 2.05) is 50.2 Å². The second kappa shape index (κ2) is 7.95. The van der Waals surface area contributed by atoms with E-state index in [1.165, 1.54) is 0 Å². The van der Waals surface area contributed by atoms with E-state index in [2.05, 4.69) is 22.6 Å². The first-order chi connectivity index (χ1) is 12.5. The zero-order valence-electron chi connectivity index (χ0n) is 14.8. The van der Waals surface area contributed by atoms with Crippen LogP contribution in [0.15, 0.2) is 48.0 Å².